The predicted molar refractivity (Wildman–Crippen MR) is 117 cm³/mol. The number of carbonyl (C=O) groups is 2. The molecule has 0 saturated carbocycles. The molecule has 154 valence electrons. The molecule has 1 aliphatic heterocycles. The molecule has 1 heterocycles. The van der Waals surface area contributed by atoms with Crippen LogP contribution >= 0.6 is 0 Å². The zero-order chi connectivity index (χ0) is 21.5. The van der Waals surface area contributed by atoms with Crippen molar-refractivity contribution in [1.29, 1.82) is 5.26 Å². The molecular formula is C24H26N4O2. The van der Waals surface area contributed by atoms with E-state index in [1.165, 1.54) is 12.5 Å². The van der Waals surface area contributed by atoms with E-state index in [1.807, 2.05) is 17.0 Å². The molecule has 1 aliphatic rings. The maximum absolute atomic E-state index is 12.9. The van der Waals surface area contributed by atoms with Crippen molar-refractivity contribution in [3.63, 3.8) is 0 Å². The van der Waals surface area contributed by atoms with Crippen LogP contribution in [-0.4, -0.2) is 29.8 Å². The Kier molecular flexibility index (Phi) is 6.87. The fourth-order valence-electron chi connectivity index (χ4n) is 3.73. The van der Waals surface area contributed by atoms with Crippen LogP contribution in [-0.2, 0) is 16.0 Å². The maximum Gasteiger partial charge on any atom is 0.277 e. The van der Waals surface area contributed by atoms with Crippen molar-refractivity contribution in [1.82, 2.24) is 4.90 Å². The van der Waals surface area contributed by atoms with Gasteiger partial charge < -0.3 is 10.6 Å². The highest BCUT2D eigenvalue weighted by atomic mass is 16.2. The molecule has 0 aliphatic carbocycles. The van der Waals surface area contributed by atoms with Gasteiger partial charge in [-0.05, 0) is 55.0 Å². The molecule has 0 spiro atoms. The second kappa shape index (κ2) is 9.75. The fraction of sp³-hybridized carbons (Fsp3) is 0.292. The third-order valence-corrected chi connectivity index (χ3v) is 5.35. The lowest BCUT2D eigenvalue weighted by Gasteiger charge is -2.31. The van der Waals surface area contributed by atoms with Crippen LogP contribution in [0.3, 0.4) is 0 Å². The Morgan fingerprint density at radius 1 is 1.13 bits per heavy atom. The topological polar surface area (TPSA) is 90.4 Å². The van der Waals surface area contributed by atoms with Gasteiger partial charge in [-0.1, -0.05) is 30.3 Å². The standard InChI is InChI=1S/C24H26N4O2/c1-18(29)28(23-9-7-22(26)8-10-23)24(30)21(16-25)17-27-13-11-20(12-14-27)15-19-5-3-2-4-6-19/h2-10,17,20H,11-15,26H2,1H3/b21-17-. The second-order valence-corrected chi connectivity index (χ2v) is 7.57. The number of imide groups is 1. The number of anilines is 2. The number of nitrogen functional groups attached to an aromatic ring is 1. The molecule has 1 saturated heterocycles. The van der Waals surface area contributed by atoms with Crippen LogP contribution < -0.4 is 10.6 Å². The molecular weight excluding hydrogens is 376 g/mol. The first-order valence-electron chi connectivity index (χ1n) is 10.1. The first-order chi connectivity index (χ1) is 14.5. The number of likely N-dealkylation sites (tertiary alicyclic amines) is 1. The van der Waals surface area contributed by atoms with E-state index in [4.69, 9.17) is 5.73 Å². The lowest BCUT2D eigenvalue weighted by molar-refractivity contribution is -0.123. The molecule has 0 aromatic heterocycles. The summed E-state index contributed by atoms with van der Waals surface area (Å²) < 4.78 is 0. The molecule has 2 aromatic rings. The van der Waals surface area contributed by atoms with Gasteiger partial charge in [0.25, 0.3) is 5.91 Å². The van der Waals surface area contributed by atoms with Crippen molar-refractivity contribution >= 4 is 23.2 Å². The molecule has 0 unspecified atom stereocenters. The highest BCUT2D eigenvalue weighted by Crippen LogP contribution is 2.23. The summed E-state index contributed by atoms with van der Waals surface area (Å²) in [7, 11) is 0. The van der Waals surface area contributed by atoms with Crippen LogP contribution in [0.15, 0.2) is 66.4 Å². The van der Waals surface area contributed by atoms with E-state index in [0.717, 1.165) is 37.3 Å². The molecule has 0 bridgehead atoms. The van der Waals surface area contributed by atoms with Crippen LogP contribution in [0.1, 0.15) is 25.3 Å². The van der Waals surface area contributed by atoms with E-state index in [0.29, 0.717) is 17.3 Å². The van der Waals surface area contributed by atoms with Crippen LogP contribution in [0.4, 0.5) is 11.4 Å². The summed E-state index contributed by atoms with van der Waals surface area (Å²) >= 11 is 0. The number of hydrogen-bond acceptors (Lipinski definition) is 5. The number of benzene rings is 2. The largest absolute Gasteiger partial charge is 0.399 e. The summed E-state index contributed by atoms with van der Waals surface area (Å²) in [6, 6.07) is 18.8. The number of carbonyl (C=O) groups excluding carboxylic acids is 2. The zero-order valence-electron chi connectivity index (χ0n) is 17.1. The normalized spacial score (nSPS) is 14.8. The minimum atomic E-state index is -0.624. The number of hydrogen-bond donors (Lipinski definition) is 1. The third kappa shape index (κ3) is 5.26. The SMILES string of the molecule is CC(=O)N(C(=O)/C(C#N)=C\N1CCC(Cc2ccccc2)CC1)c1ccc(N)cc1. The number of piperidine rings is 1. The first kappa shape index (κ1) is 21.1. The zero-order valence-corrected chi connectivity index (χ0v) is 17.1. The van der Waals surface area contributed by atoms with E-state index in [-0.39, 0.29) is 5.57 Å². The van der Waals surface area contributed by atoms with Gasteiger partial charge in [0.05, 0.1) is 5.69 Å². The summed E-state index contributed by atoms with van der Waals surface area (Å²) in [6.45, 7) is 2.86. The number of amides is 2. The molecule has 3 rings (SSSR count). The Bertz CT molecular complexity index is 953. The van der Waals surface area contributed by atoms with Crippen molar-refractivity contribution in [2.75, 3.05) is 23.7 Å². The molecule has 2 N–H and O–H groups in total. The lowest BCUT2D eigenvalue weighted by atomic mass is 9.90. The summed E-state index contributed by atoms with van der Waals surface area (Å²) in [6.07, 6.45) is 4.62. The van der Waals surface area contributed by atoms with Gasteiger partial charge in [-0.15, -0.1) is 0 Å². The van der Waals surface area contributed by atoms with E-state index in [2.05, 4.69) is 24.3 Å². The summed E-state index contributed by atoms with van der Waals surface area (Å²) in [5, 5.41) is 9.57. The molecule has 30 heavy (non-hydrogen) atoms. The monoisotopic (exact) mass is 402 g/mol. The average molecular weight is 402 g/mol. The lowest BCUT2D eigenvalue weighted by Crippen LogP contribution is -2.37. The molecule has 2 amide bonds. The van der Waals surface area contributed by atoms with Crippen molar-refractivity contribution < 1.29 is 9.59 Å². The summed E-state index contributed by atoms with van der Waals surface area (Å²) in [4.78, 5) is 28.1. The number of nitrogens with zero attached hydrogens (tertiary/aromatic N) is 3. The smallest absolute Gasteiger partial charge is 0.277 e. The van der Waals surface area contributed by atoms with E-state index in [9.17, 15) is 14.9 Å². The molecule has 2 aromatic carbocycles. The van der Waals surface area contributed by atoms with Gasteiger partial charge in [0.1, 0.15) is 11.6 Å². The molecule has 6 heteroatoms. The van der Waals surface area contributed by atoms with Gasteiger partial charge in [-0.3, -0.25) is 9.59 Å². The highest BCUT2D eigenvalue weighted by molar-refractivity contribution is 6.21. The van der Waals surface area contributed by atoms with Crippen LogP contribution in [0.5, 0.6) is 0 Å². The van der Waals surface area contributed by atoms with Gasteiger partial charge in [0.2, 0.25) is 5.91 Å². The first-order valence-corrected chi connectivity index (χ1v) is 10.1. The van der Waals surface area contributed by atoms with Crippen molar-refractivity contribution in [2.24, 2.45) is 5.92 Å². The third-order valence-electron chi connectivity index (χ3n) is 5.35. The number of nitriles is 1. The quantitative estimate of drug-likeness (QED) is 0.469. The Morgan fingerprint density at radius 3 is 2.33 bits per heavy atom. The molecule has 0 atom stereocenters. The van der Waals surface area contributed by atoms with Gasteiger partial charge in [-0.25, -0.2) is 4.90 Å². The number of rotatable bonds is 5. The molecule has 6 nitrogen and oxygen atoms in total. The summed E-state index contributed by atoms with van der Waals surface area (Å²) in [5.41, 5.74) is 7.90. The van der Waals surface area contributed by atoms with E-state index < -0.39 is 11.8 Å². The van der Waals surface area contributed by atoms with Gasteiger partial charge in [0, 0.05) is 31.9 Å². The minimum absolute atomic E-state index is 0.0523. The Morgan fingerprint density at radius 2 is 1.77 bits per heavy atom. The Labute approximate surface area is 177 Å². The van der Waals surface area contributed by atoms with Gasteiger partial charge in [-0.2, -0.15) is 5.26 Å². The van der Waals surface area contributed by atoms with E-state index >= 15 is 0 Å². The average Bonchev–Trinajstić information content (AvgIpc) is 2.75. The Hall–Kier alpha value is -3.59. The van der Waals surface area contributed by atoms with Crippen molar-refractivity contribution in [2.45, 2.75) is 26.2 Å². The van der Waals surface area contributed by atoms with Crippen LogP contribution in [0.2, 0.25) is 0 Å². The second-order valence-electron chi connectivity index (χ2n) is 7.57. The van der Waals surface area contributed by atoms with Crippen LogP contribution in [0, 0.1) is 17.2 Å². The maximum atomic E-state index is 12.9. The van der Waals surface area contributed by atoms with Crippen LogP contribution in [0.25, 0.3) is 0 Å². The van der Waals surface area contributed by atoms with E-state index in [1.54, 1.807) is 30.5 Å². The molecule has 1 fully saturated rings. The predicted octanol–water partition coefficient (Wildman–Crippen LogP) is 3.51. The summed E-state index contributed by atoms with van der Waals surface area (Å²) in [5.74, 6) is -0.490. The number of nitrogens with two attached hydrogens (primary N) is 1. The van der Waals surface area contributed by atoms with Gasteiger partial charge >= 0.3 is 0 Å². The molecule has 0 radical (unpaired) electrons. The Balaban J connectivity index is 1.67. The van der Waals surface area contributed by atoms with Crippen molar-refractivity contribution in [3.05, 3.63) is 71.9 Å². The highest BCUT2D eigenvalue weighted by Gasteiger charge is 2.25. The minimum Gasteiger partial charge on any atom is -0.399 e. The fourth-order valence-corrected chi connectivity index (χ4v) is 3.73. The van der Waals surface area contributed by atoms with Crippen molar-refractivity contribution in [3.8, 4) is 6.07 Å². The van der Waals surface area contributed by atoms with Gasteiger partial charge in [0.15, 0.2) is 0 Å².